The molecule has 2 aromatic rings. The van der Waals surface area contributed by atoms with Crippen molar-refractivity contribution in [1.82, 2.24) is 9.78 Å². The van der Waals surface area contributed by atoms with E-state index in [1.54, 1.807) is 0 Å². The number of nitrogen functional groups attached to an aromatic ring is 1. The highest BCUT2D eigenvalue weighted by molar-refractivity contribution is 5.77. The lowest BCUT2D eigenvalue weighted by Crippen LogP contribution is -2.10. The van der Waals surface area contributed by atoms with Crippen molar-refractivity contribution in [3.63, 3.8) is 0 Å². The standard InChI is InChI=1S/C17H21N3/c1-20-17(18)15(12-5-3-2-4-6-12)16(19-20)14-10-11-7-8-13(14)9-11/h2-6,11,13-14H,7-10,18H2,1H3. The van der Waals surface area contributed by atoms with E-state index in [0.29, 0.717) is 5.92 Å². The number of anilines is 1. The van der Waals surface area contributed by atoms with E-state index >= 15 is 0 Å². The zero-order valence-corrected chi connectivity index (χ0v) is 11.9. The monoisotopic (exact) mass is 267 g/mol. The quantitative estimate of drug-likeness (QED) is 0.904. The van der Waals surface area contributed by atoms with Gasteiger partial charge in [0.15, 0.2) is 0 Å². The van der Waals surface area contributed by atoms with Crippen LogP contribution in [0.5, 0.6) is 0 Å². The maximum atomic E-state index is 6.30. The maximum Gasteiger partial charge on any atom is 0.129 e. The Morgan fingerprint density at radius 1 is 1.15 bits per heavy atom. The summed E-state index contributed by atoms with van der Waals surface area (Å²) < 4.78 is 1.85. The van der Waals surface area contributed by atoms with Gasteiger partial charge in [-0.2, -0.15) is 5.10 Å². The lowest BCUT2D eigenvalue weighted by atomic mass is 9.84. The molecule has 2 fully saturated rings. The van der Waals surface area contributed by atoms with E-state index in [1.165, 1.54) is 42.5 Å². The van der Waals surface area contributed by atoms with Crippen LogP contribution in [0.25, 0.3) is 11.1 Å². The molecule has 104 valence electrons. The first kappa shape index (κ1) is 12.0. The van der Waals surface area contributed by atoms with Crippen molar-refractivity contribution in [2.24, 2.45) is 18.9 Å². The summed E-state index contributed by atoms with van der Waals surface area (Å²) in [4.78, 5) is 0. The average Bonchev–Trinajstić information content (AvgIpc) is 3.16. The van der Waals surface area contributed by atoms with Gasteiger partial charge in [-0.05, 0) is 36.7 Å². The van der Waals surface area contributed by atoms with Crippen LogP contribution < -0.4 is 5.73 Å². The van der Waals surface area contributed by atoms with Crippen molar-refractivity contribution < 1.29 is 0 Å². The minimum atomic E-state index is 0.618. The summed E-state index contributed by atoms with van der Waals surface area (Å²) >= 11 is 0. The molecule has 0 radical (unpaired) electrons. The van der Waals surface area contributed by atoms with Gasteiger partial charge in [0, 0.05) is 18.5 Å². The first-order valence-electron chi connectivity index (χ1n) is 7.62. The van der Waals surface area contributed by atoms with Crippen LogP contribution in [0.1, 0.15) is 37.3 Å². The molecule has 2 N–H and O–H groups in total. The van der Waals surface area contributed by atoms with Gasteiger partial charge in [0.05, 0.1) is 5.69 Å². The van der Waals surface area contributed by atoms with Gasteiger partial charge in [-0.1, -0.05) is 36.8 Å². The number of aromatic nitrogens is 2. The predicted molar refractivity (Wildman–Crippen MR) is 81.2 cm³/mol. The second-order valence-electron chi connectivity index (χ2n) is 6.42. The fourth-order valence-corrected chi connectivity index (χ4v) is 4.30. The van der Waals surface area contributed by atoms with Gasteiger partial charge in [0.1, 0.15) is 5.82 Å². The molecule has 2 saturated carbocycles. The fraction of sp³-hybridized carbons (Fsp3) is 0.471. The number of aryl methyl sites for hydroxylation is 1. The molecule has 3 nitrogen and oxygen atoms in total. The molecule has 2 bridgehead atoms. The van der Waals surface area contributed by atoms with Crippen LogP contribution in [0.2, 0.25) is 0 Å². The van der Waals surface area contributed by atoms with E-state index in [9.17, 15) is 0 Å². The normalized spacial score (nSPS) is 28.1. The van der Waals surface area contributed by atoms with E-state index < -0.39 is 0 Å². The summed E-state index contributed by atoms with van der Waals surface area (Å²) in [6.07, 6.45) is 5.50. The Morgan fingerprint density at radius 2 is 1.95 bits per heavy atom. The Balaban J connectivity index is 1.82. The molecule has 4 rings (SSSR count). The molecule has 0 saturated heterocycles. The van der Waals surface area contributed by atoms with Gasteiger partial charge in [-0.15, -0.1) is 0 Å². The van der Waals surface area contributed by atoms with Crippen LogP contribution in [-0.2, 0) is 7.05 Å². The van der Waals surface area contributed by atoms with Crippen LogP contribution >= 0.6 is 0 Å². The summed E-state index contributed by atoms with van der Waals surface area (Å²) in [6, 6.07) is 10.5. The number of hydrogen-bond acceptors (Lipinski definition) is 2. The van der Waals surface area contributed by atoms with Crippen LogP contribution in [0.4, 0.5) is 5.82 Å². The Kier molecular flexibility index (Phi) is 2.62. The van der Waals surface area contributed by atoms with Crippen LogP contribution in [-0.4, -0.2) is 9.78 Å². The Labute approximate surface area is 119 Å². The van der Waals surface area contributed by atoms with Gasteiger partial charge in [-0.25, -0.2) is 0 Å². The number of hydrogen-bond donors (Lipinski definition) is 1. The van der Waals surface area contributed by atoms with E-state index in [2.05, 4.69) is 24.3 Å². The van der Waals surface area contributed by atoms with Crippen LogP contribution in [0, 0.1) is 11.8 Å². The van der Waals surface area contributed by atoms with E-state index in [4.69, 9.17) is 10.8 Å². The van der Waals surface area contributed by atoms with Crippen LogP contribution in [0.3, 0.4) is 0 Å². The molecule has 3 heteroatoms. The average molecular weight is 267 g/mol. The number of fused-ring (bicyclic) bond motifs is 2. The Hall–Kier alpha value is -1.77. The van der Waals surface area contributed by atoms with Crippen molar-refractivity contribution in [3.8, 4) is 11.1 Å². The largest absolute Gasteiger partial charge is 0.383 e. The van der Waals surface area contributed by atoms with Crippen molar-refractivity contribution in [1.29, 1.82) is 0 Å². The predicted octanol–water partition coefficient (Wildman–Crippen LogP) is 3.57. The highest BCUT2D eigenvalue weighted by atomic mass is 15.3. The second kappa shape index (κ2) is 4.37. The molecule has 0 aliphatic heterocycles. The number of nitrogens with two attached hydrogens (primary N) is 1. The minimum absolute atomic E-state index is 0.618. The topological polar surface area (TPSA) is 43.8 Å². The first-order valence-corrected chi connectivity index (χ1v) is 7.62. The molecule has 20 heavy (non-hydrogen) atoms. The number of benzene rings is 1. The molecular formula is C17H21N3. The zero-order chi connectivity index (χ0) is 13.7. The minimum Gasteiger partial charge on any atom is -0.383 e. The van der Waals surface area contributed by atoms with Crippen molar-refractivity contribution in [2.75, 3.05) is 5.73 Å². The molecule has 1 heterocycles. The third-order valence-corrected chi connectivity index (χ3v) is 5.27. The van der Waals surface area contributed by atoms with Gasteiger partial charge < -0.3 is 5.73 Å². The lowest BCUT2D eigenvalue weighted by Gasteiger charge is -2.21. The summed E-state index contributed by atoms with van der Waals surface area (Å²) in [5, 5.41) is 4.78. The third kappa shape index (κ3) is 1.69. The molecule has 0 spiro atoms. The summed E-state index contributed by atoms with van der Waals surface area (Å²) in [7, 11) is 1.96. The van der Waals surface area contributed by atoms with Crippen LogP contribution in [0.15, 0.2) is 30.3 Å². The molecule has 1 aromatic carbocycles. The molecule has 3 unspecified atom stereocenters. The zero-order valence-electron chi connectivity index (χ0n) is 11.9. The molecule has 1 aromatic heterocycles. The summed E-state index contributed by atoms with van der Waals surface area (Å²) in [6.45, 7) is 0. The lowest BCUT2D eigenvalue weighted by molar-refractivity contribution is 0.411. The Morgan fingerprint density at radius 3 is 2.60 bits per heavy atom. The molecule has 2 aliphatic carbocycles. The third-order valence-electron chi connectivity index (χ3n) is 5.27. The second-order valence-corrected chi connectivity index (χ2v) is 6.42. The SMILES string of the molecule is Cn1nc(C2CC3CCC2C3)c(-c2ccccc2)c1N. The van der Waals surface area contributed by atoms with E-state index in [1.807, 2.05) is 17.8 Å². The molecular weight excluding hydrogens is 246 g/mol. The van der Waals surface area contributed by atoms with Crippen molar-refractivity contribution >= 4 is 5.82 Å². The van der Waals surface area contributed by atoms with Gasteiger partial charge in [0.25, 0.3) is 0 Å². The summed E-state index contributed by atoms with van der Waals surface area (Å²) in [5.41, 5.74) is 9.92. The smallest absolute Gasteiger partial charge is 0.129 e. The van der Waals surface area contributed by atoms with Gasteiger partial charge >= 0.3 is 0 Å². The van der Waals surface area contributed by atoms with E-state index in [-0.39, 0.29) is 0 Å². The number of nitrogens with zero attached hydrogens (tertiary/aromatic N) is 2. The van der Waals surface area contributed by atoms with Crippen molar-refractivity contribution in [2.45, 2.75) is 31.6 Å². The molecule has 0 amide bonds. The highest BCUT2D eigenvalue weighted by Gasteiger charge is 2.42. The van der Waals surface area contributed by atoms with Gasteiger partial charge in [-0.3, -0.25) is 4.68 Å². The maximum absolute atomic E-state index is 6.30. The molecule has 3 atom stereocenters. The molecule has 2 aliphatic rings. The summed E-state index contributed by atoms with van der Waals surface area (Å²) in [5.74, 6) is 3.18. The van der Waals surface area contributed by atoms with E-state index in [0.717, 1.165) is 17.7 Å². The Bertz CT molecular complexity index is 629. The first-order chi connectivity index (χ1) is 9.74. The highest BCUT2D eigenvalue weighted by Crippen LogP contribution is 2.54. The van der Waals surface area contributed by atoms with Gasteiger partial charge in [0.2, 0.25) is 0 Å². The fourth-order valence-electron chi connectivity index (χ4n) is 4.30. The number of rotatable bonds is 2. The van der Waals surface area contributed by atoms with Crippen molar-refractivity contribution in [3.05, 3.63) is 36.0 Å².